The predicted molar refractivity (Wildman–Crippen MR) is 121 cm³/mol. The Morgan fingerprint density at radius 2 is 1.70 bits per heavy atom. The molecule has 33 heavy (non-hydrogen) atoms. The summed E-state index contributed by atoms with van der Waals surface area (Å²) in [5.41, 5.74) is 4.49. The van der Waals surface area contributed by atoms with E-state index in [1.165, 1.54) is 24.9 Å². The number of hydrogen-bond donors (Lipinski definition) is 2. The van der Waals surface area contributed by atoms with Gasteiger partial charge in [0.2, 0.25) is 0 Å². The summed E-state index contributed by atoms with van der Waals surface area (Å²) in [6.45, 7) is 1.52. The largest absolute Gasteiger partial charge is 0.480 e. The minimum absolute atomic E-state index is 0.00385. The molecule has 9 heteroatoms. The van der Waals surface area contributed by atoms with E-state index < -0.39 is 24.0 Å². The van der Waals surface area contributed by atoms with E-state index >= 15 is 0 Å². The van der Waals surface area contributed by atoms with Crippen LogP contribution in [0.15, 0.2) is 54.7 Å². The fraction of sp³-hybridized carbons (Fsp3) is 0.250. The maximum atomic E-state index is 12.8. The summed E-state index contributed by atoms with van der Waals surface area (Å²) in [6.07, 6.45) is 0.672. The Kier molecular flexibility index (Phi) is 5.87. The SMILES string of the molecule is CC(C(=O)O)N(C)C(=O)c1cn(C)nc1NC(=O)OCC1c2ccccc2-c2ccccc21. The minimum Gasteiger partial charge on any atom is -0.480 e. The lowest BCUT2D eigenvalue weighted by Crippen LogP contribution is -2.40. The van der Waals surface area contributed by atoms with Crippen LogP contribution in [0.4, 0.5) is 10.6 Å². The summed E-state index contributed by atoms with van der Waals surface area (Å²) in [5.74, 6) is -1.81. The van der Waals surface area contributed by atoms with E-state index in [0.29, 0.717) is 0 Å². The maximum Gasteiger partial charge on any atom is 0.412 e. The summed E-state index contributed by atoms with van der Waals surface area (Å²) in [7, 11) is 2.98. The van der Waals surface area contributed by atoms with Gasteiger partial charge in [0.1, 0.15) is 18.2 Å². The zero-order valence-electron chi connectivity index (χ0n) is 18.5. The van der Waals surface area contributed by atoms with Gasteiger partial charge >= 0.3 is 12.1 Å². The summed E-state index contributed by atoms with van der Waals surface area (Å²) in [4.78, 5) is 37.7. The van der Waals surface area contributed by atoms with E-state index in [-0.39, 0.29) is 23.9 Å². The van der Waals surface area contributed by atoms with Gasteiger partial charge in [-0.3, -0.25) is 14.8 Å². The Balaban J connectivity index is 1.48. The van der Waals surface area contributed by atoms with Crippen LogP contribution in [0.5, 0.6) is 0 Å². The highest BCUT2D eigenvalue weighted by Gasteiger charge is 2.30. The van der Waals surface area contributed by atoms with Crippen LogP contribution in [0.25, 0.3) is 11.1 Å². The van der Waals surface area contributed by atoms with Gasteiger partial charge in [-0.25, -0.2) is 9.59 Å². The van der Waals surface area contributed by atoms with Crippen molar-refractivity contribution in [3.8, 4) is 11.1 Å². The lowest BCUT2D eigenvalue weighted by Gasteiger charge is -2.21. The van der Waals surface area contributed by atoms with Gasteiger partial charge in [0.05, 0.1) is 0 Å². The fourth-order valence-corrected chi connectivity index (χ4v) is 4.00. The molecule has 2 aromatic carbocycles. The van der Waals surface area contributed by atoms with Gasteiger partial charge in [-0.05, 0) is 29.2 Å². The molecule has 0 bridgehead atoms. The van der Waals surface area contributed by atoms with Gasteiger partial charge in [0, 0.05) is 26.2 Å². The number of carboxylic acid groups (broad SMARTS) is 1. The van der Waals surface area contributed by atoms with Crippen LogP contribution >= 0.6 is 0 Å². The highest BCUT2D eigenvalue weighted by atomic mass is 16.5. The minimum atomic E-state index is -1.14. The number of aromatic nitrogens is 2. The number of carbonyl (C=O) groups excluding carboxylic acids is 2. The number of nitrogens with one attached hydrogen (secondary N) is 1. The summed E-state index contributed by atoms with van der Waals surface area (Å²) in [5, 5.41) is 15.8. The van der Waals surface area contributed by atoms with E-state index in [1.807, 2.05) is 36.4 Å². The van der Waals surface area contributed by atoms with Gasteiger partial charge < -0.3 is 14.7 Å². The molecule has 0 radical (unpaired) electrons. The van der Waals surface area contributed by atoms with Crippen LogP contribution in [-0.2, 0) is 16.6 Å². The Bertz CT molecular complexity index is 1190. The van der Waals surface area contributed by atoms with Crippen LogP contribution < -0.4 is 5.32 Å². The molecule has 0 fully saturated rings. The van der Waals surface area contributed by atoms with Crippen molar-refractivity contribution in [2.24, 2.45) is 7.05 Å². The Hall–Kier alpha value is -4.14. The first-order valence-corrected chi connectivity index (χ1v) is 10.4. The van der Waals surface area contributed by atoms with Crippen LogP contribution in [-0.4, -0.2) is 57.5 Å². The number of benzene rings is 2. The van der Waals surface area contributed by atoms with Gasteiger partial charge in [-0.2, -0.15) is 5.10 Å². The molecule has 2 amide bonds. The molecular weight excluding hydrogens is 424 g/mol. The molecule has 4 rings (SSSR count). The van der Waals surface area contributed by atoms with Crippen molar-refractivity contribution in [3.05, 3.63) is 71.4 Å². The van der Waals surface area contributed by atoms with Crippen LogP contribution in [0.3, 0.4) is 0 Å². The van der Waals surface area contributed by atoms with Crippen molar-refractivity contribution in [3.63, 3.8) is 0 Å². The average molecular weight is 448 g/mol. The van der Waals surface area contributed by atoms with Gasteiger partial charge in [-0.1, -0.05) is 48.5 Å². The molecule has 0 aliphatic heterocycles. The third-order valence-electron chi connectivity index (χ3n) is 5.88. The third kappa shape index (κ3) is 4.17. The van der Waals surface area contributed by atoms with E-state index in [4.69, 9.17) is 4.74 Å². The van der Waals surface area contributed by atoms with E-state index in [0.717, 1.165) is 27.2 Å². The average Bonchev–Trinajstić information content (AvgIpc) is 3.33. The van der Waals surface area contributed by atoms with E-state index in [2.05, 4.69) is 22.5 Å². The number of anilines is 1. The first kappa shape index (κ1) is 22.1. The van der Waals surface area contributed by atoms with Gasteiger partial charge in [0.15, 0.2) is 5.82 Å². The molecule has 3 aromatic rings. The Morgan fingerprint density at radius 3 is 2.27 bits per heavy atom. The number of likely N-dealkylation sites (N-methyl/N-ethyl adjacent to an activating group) is 1. The highest BCUT2D eigenvalue weighted by molar-refractivity contribution is 6.02. The molecule has 0 saturated heterocycles. The molecule has 170 valence electrons. The molecule has 1 aliphatic rings. The molecular formula is C24H24N4O5. The number of hydrogen-bond acceptors (Lipinski definition) is 5. The first-order valence-electron chi connectivity index (χ1n) is 10.4. The number of nitrogens with zero attached hydrogens (tertiary/aromatic N) is 3. The maximum absolute atomic E-state index is 12.8. The Labute approximate surface area is 190 Å². The monoisotopic (exact) mass is 448 g/mol. The van der Waals surface area contributed by atoms with Crippen LogP contribution in [0.1, 0.15) is 34.3 Å². The summed E-state index contributed by atoms with van der Waals surface area (Å²) in [6, 6.07) is 15.0. The van der Waals surface area contributed by atoms with E-state index in [1.54, 1.807) is 7.05 Å². The molecule has 1 aromatic heterocycles. The molecule has 0 spiro atoms. The number of rotatable bonds is 6. The fourth-order valence-electron chi connectivity index (χ4n) is 4.00. The molecule has 1 aliphatic carbocycles. The standard InChI is InChI=1S/C24H24N4O5/c1-14(23(30)31)28(3)22(29)19-12-27(2)26-21(19)25-24(32)33-13-20-17-10-6-4-8-15(17)16-9-5-7-11-18(16)20/h4-12,14,20H,13H2,1-3H3,(H,30,31)(H,25,26,32). The second kappa shape index (κ2) is 8.78. The number of carbonyl (C=O) groups is 3. The van der Waals surface area contributed by atoms with Crippen LogP contribution in [0, 0.1) is 0 Å². The number of aryl methyl sites for hydroxylation is 1. The highest BCUT2D eigenvalue weighted by Crippen LogP contribution is 2.44. The molecule has 9 nitrogen and oxygen atoms in total. The summed E-state index contributed by atoms with van der Waals surface area (Å²) < 4.78 is 6.88. The van der Waals surface area contributed by atoms with Gasteiger partial charge in [0.25, 0.3) is 5.91 Å². The van der Waals surface area contributed by atoms with Crippen molar-refractivity contribution < 1.29 is 24.2 Å². The first-order chi connectivity index (χ1) is 15.8. The van der Waals surface area contributed by atoms with E-state index in [9.17, 15) is 19.5 Å². The number of ether oxygens (including phenoxy) is 1. The molecule has 1 unspecified atom stereocenters. The topological polar surface area (TPSA) is 114 Å². The number of amides is 2. The van der Waals surface area contributed by atoms with Crippen molar-refractivity contribution in [1.82, 2.24) is 14.7 Å². The van der Waals surface area contributed by atoms with Crippen molar-refractivity contribution in [1.29, 1.82) is 0 Å². The van der Waals surface area contributed by atoms with Crippen molar-refractivity contribution in [2.45, 2.75) is 18.9 Å². The Morgan fingerprint density at radius 1 is 1.12 bits per heavy atom. The lowest BCUT2D eigenvalue weighted by molar-refractivity contribution is -0.141. The zero-order chi connectivity index (χ0) is 23.7. The van der Waals surface area contributed by atoms with Gasteiger partial charge in [-0.15, -0.1) is 0 Å². The molecule has 1 heterocycles. The van der Waals surface area contributed by atoms with Crippen molar-refractivity contribution in [2.75, 3.05) is 19.0 Å². The second-order valence-corrected chi connectivity index (χ2v) is 7.95. The normalized spacial score (nSPS) is 13.1. The predicted octanol–water partition coefficient (Wildman–Crippen LogP) is 3.33. The quantitative estimate of drug-likeness (QED) is 0.598. The third-order valence-corrected chi connectivity index (χ3v) is 5.88. The number of fused-ring (bicyclic) bond motifs is 3. The lowest BCUT2D eigenvalue weighted by atomic mass is 9.98. The molecule has 0 saturated carbocycles. The summed E-state index contributed by atoms with van der Waals surface area (Å²) >= 11 is 0. The number of aliphatic carboxylic acids is 1. The second-order valence-electron chi connectivity index (χ2n) is 7.95. The molecule has 2 N–H and O–H groups in total. The number of carboxylic acids is 1. The zero-order valence-corrected chi connectivity index (χ0v) is 18.5. The van der Waals surface area contributed by atoms with Crippen molar-refractivity contribution >= 4 is 23.8 Å². The smallest absolute Gasteiger partial charge is 0.412 e. The van der Waals surface area contributed by atoms with Crippen LogP contribution in [0.2, 0.25) is 0 Å². The molecule has 1 atom stereocenters.